The van der Waals surface area contributed by atoms with E-state index in [0.717, 1.165) is 13.1 Å². The van der Waals surface area contributed by atoms with Crippen molar-refractivity contribution in [3.63, 3.8) is 0 Å². The molecular weight excluding hydrogens is 265 g/mol. The molecule has 2 atom stereocenters. The number of halogens is 1. The minimum atomic E-state index is -0.197. The van der Waals surface area contributed by atoms with Gasteiger partial charge in [0, 0.05) is 24.2 Å². The van der Waals surface area contributed by atoms with Crippen molar-refractivity contribution in [2.45, 2.75) is 50.7 Å². The summed E-state index contributed by atoms with van der Waals surface area (Å²) in [5, 5.41) is 12.6. The Bertz CT molecular complexity index is 531. The van der Waals surface area contributed by atoms with Crippen LogP contribution in [0.15, 0.2) is 18.2 Å². The number of rotatable bonds is 3. The summed E-state index contributed by atoms with van der Waals surface area (Å²) in [4.78, 5) is 2.41. The summed E-state index contributed by atoms with van der Waals surface area (Å²) in [5.41, 5.74) is 1.19. The number of hydrogen-bond acceptors (Lipinski definition) is 3. The fraction of sp³-hybridized carbons (Fsp3) is 0.588. The molecule has 1 aromatic carbocycles. The van der Waals surface area contributed by atoms with Crippen LogP contribution in [-0.2, 0) is 6.54 Å². The third kappa shape index (κ3) is 3.25. The summed E-state index contributed by atoms with van der Waals surface area (Å²) in [6.07, 6.45) is 6.11. The Morgan fingerprint density at radius 3 is 2.95 bits per heavy atom. The highest BCUT2D eigenvalue weighted by Gasteiger charge is 2.31. The first-order chi connectivity index (χ1) is 10.3. The Morgan fingerprint density at radius 1 is 1.29 bits per heavy atom. The van der Waals surface area contributed by atoms with Crippen LogP contribution in [0.2, 0.25) is 0 Å². The lowest BCUT2D eigenvalue weighted by Gasteiger charge is -2.39. The van der Waals surface area contributed by atoms with Gasteiger partial charge in [-0.2, -0.15) is 5.26 Å². The predicted octanol–water partition coefficient (Wildman–Crippen LogP) is 2.80. The second-order valence-corrected chi connectivity index (χ2v) is 6.15. The Morgan fingerprint density at radius 2 is 2.19 bits per heavy atom. The smallest absolute Gasteiger partial charge is 0.127 e. The van der Waals surface area contributed by atoms with Gasteiger partial charge in [0.1, 0.15) is 5.82 Å². The lowest BCUT2D eigenvalue weighted by molar-refractivity contribution is 0.111. The van der Waals surface area contributed by atoms with Gasteiger partial charge in [-0.25, -0.2) is 4.39 Å². The highest BCUT2D eigenvalue weighted by Crippen LogP contribution is 2.26. The largest absolute Gasteiger partial charge is 0.312 e. The molecule has 2 aliphatic rings. The van der Waals surface area contributed by atoms with Gasteiger partial charge in [-0.3, -0.25) is 4.90 Å². The van der Waals surface area contributed by atoms with Gasteiger partial charge < -0.3 is 5.32 Å². The zero-order valence-electron chi connectivity index (χ0n) is 12.3. The van der Waals surface area contributed by atoms with Crippen molar-refractivity contribution in [1.82, 2.24) is 10.2 Å². The van der Waals surface area contributed by atoms with E-state index < -0.39 is 0 Å². The minimum Gasteiger partial charge on any atom is -0.312 e. The molecule has 2 heterocycles. The Kier molecular flexibility index (Phi) is 4.52. The van der Waals surface area contributed by atoms with Crippen molar-refractivity contribution >= 4 is 0 Å². The van der Waals surface area contributed by atoms with E-state index in [1.165, 1.54) is 38.2 Å². The van der Waals surface area contributed by atoms with Gasteiger partial charge in [0.2, 0.25) is 0 Å². The van der Waals surface area contributed by atoms with Crippen LogP contribution in [0, 0.1) is 17.1 Å². The summed E-state index contributed by atoms with van der Waals surface area (Å²) < 4.78 is 14.0. The molecule has 1 N–H and O–H groups in total. The van der Waals surface area contributed by atoms with Crippen LogP contribution in [-0.4, -0.2) is 30.1 Å². The summed E-state index contributed by atoms with van der Waals surface area (Å²) in [6, 6.07) is 7.82. The van der Waals surface area contributed by atoms with Crippen LogP contribution in [0.1, 0.15) is 43.2 Å². The summed E-state index contributed by atoms with van der Waals surface area (Å²) in [6.45, 7) is 2.75. The van der Waals surface area contributed by atoms with Gasteiger partial charge in [0.05, 0.1) is 11.6 Å². The number of likely N-dealkylation sites (tertiary alicyclic amines) is 1. The molecule has 21 heavy (non-hydrogen) atoms. The third-order valence-corrected chi connectivity index (χ3v) is 4.78. The summed E-state index contributed by atoms with van der Waals surface area (Å²) >= 11 is 0. The van der Waals surface area contributed by atoms with Crippen LogP contribution in [0.5, 0.6) is 0 Å². The summed E-state index contributed by atoms with van der Waals surface area (Å²) in [7, 11) is 0. The third-order valence-electron chi connectivity index (χ3n) is 4.78. The molecule has 0 amide bonds. The van der Waals surface area contributed by atoms with Crippen molar-refractivity contribution in [3.8, 4) is 6.07 Å². The quantitative estimate of drug-likeness (QED) is 0.929. The second kappa shape index (κ2) is 6.55. The molecule has 0 aromatic heterocycles. The molecule has 4 heteroatoms. The van der Waals surface area contributed by atoms with Crippen LogP contribution in [0.3, 0.4) is 0 Å². The highest BCUT2D eigenvalue weighted by atomic mass is 19.1. The Hall–Kier alpha value is -1.44. The first kappa shape index (κ1) is 14.5. The molecule has 0 bridgehead atoms. The topological polar surface area (TPSA) is 39.1 Å². The molecule has 112 valence electrons. The number of benzene rings is 1. The number of nitriles is 1. The zero-order chi connectivity index (χ0) is 14.7. The van der Waals surface area contributed by atoms with Gasteiger partial charge in [0.15, 0.2) is 0 Å². The van der Waals surface area contributed by atoms with E-state index in [9.17, 15) is 4.39 Å². The molecule has 0 radical (unpaired) electrons. The number of hydrogen-bond donors (Lipinski definition) is 1. The van der Waals surface area contributed by atoms with E-state index in [-0.39, 0.29) is 5.82 Å². The molecule has 1 aromatic rings. The molecule has 2 aliphatic heterocycles. The van der Waals surface area contributed by atoms with E-state index >= 15 is 0 Å². The van der Waals surface area contributed by atoms with Gasteiger partial charge in [0.25, 0.3) is 0 Å². The van der Waals surface area contributed by atoms with E-state index in [0.29, 0.717) is 29.8 Å². The van der Waals surface area contributed by atoms with Crippen LogP contribution in [0.25, 0.3) is 0 Å². The molecule has 3 nitrogen and oxygen atoms in total. The molecule has 2 unspecified atom stereocenters. The highest BCUT2D eigenvalue weighted by molar-refractivity contribution is 5.33. The lowest BCUT2D eigenvalue weighted by atomic mass is 9.94. The monoisotopic (exact) mass is 287 g/mol. The second-order valence-electron chi connectivity index (χ2n) is 6.15. The first-order valence-corrected chi connectivity index (χ1v) is 7.94. The van der Waals surface area contributed by atoms with E-state index in [4.69, 9.17) is 5.26 Å². The molecule has 2 saturated heterocycles. The molecule has 0 saturated carbocycles. The van der Waals surface area contributed by atoms with Crippen LogP contribution < -0.4 is 5.32 Å². The normalized spacial score (nSPS) is 26.7. The van der Waals surface area contributed by atoms with Crippen molar-refractivity contribution < 1.29 is 4.39 Å². The van der Waals surface area contributed by atoms with Crippen LogP contribution in [0.4, 0.5) is 4.39 Å². The number of nitrogens with zero attached hydrogens (tertiary/aromatic N) is 2. The van der Waals surface area contributed by atoms with Gasteiger partial charge >= 0.3 is 0 Å². The predicted molar refractivity (Wildman–Crippen MR) is 80.2 cm³/mol. The average Bonchev–Trinajstić information content (AvgIpc) is 3.04. The number of piperidine rings is 1. The fourth-order valence-corrected chi connectivity index (χ4v) is 3.69. The van der Waals surface area contributed by atoms with E-state index in [1.807, 2.05) is 0 Å². The maximum atomic E-state index is 14.0. The molecule has 0 aliphatic carbocycles. The maximum absolute atomic E-state index is 14.0. The lowest BCUT2D eigenvalue weighted by Crippen LogP contribution is -2.49. The minimum absolute atomic E-state index is 0.197. The van der Waals surface area contributed by atoms with Gasteiger partial charge in [-0.1, -0.05) is 6.42 Å². The van der Waals surface area contributed by atoms with E-state index in [2.05, 4.69) is 16.3 Å². The molecular formula is C17H22FN3. The number of nitrogens with one attached hydrogen (secondary N) is 1. The average molecular weight is 287 g/mol. The Balaban J connectivity index is 1.76. The molecule has 0 spiro atoms. The van der Waals surface area contributed by atoms with Crippen molar-refractivity contribution in [1.29, 1.82) is 5.26 Å². The van der Waals surface area contributed by atoms with Gasteiger partial charge in [-0.15, -0.1) is 0 Å². The SMILES string of the molecule is N#Cc1ccc(F)c(CN2CCCCC2C2CCCN2)c1. The first-order valence-electron chi connectivity index (χ1n) is 7.94. The fourth-order valence-electron chi connectivity index (χ4n) is 3.69. The maximum Gasteiger partial charge on any atom is 0.127 e. The summed E-state index contributed by atoms with van der Waals surface area (Å²) in [5.74, 6) is -0.197. The van der Waals surface area contributed by atoms with Crippen molar-refractivity contribution in [3.05, 3.63) is 35.1 Å². The van der Waals surface area contributed by atoms with Crippen molar-refractivity contribution in [2.24, 2.45) is 0 Å². The van der Waals surface area contributed by atoms with E-state index in [1.54, 1.807) is 12.1 Å². The van der Waals surface area contributed by atoms with Gasteiger partial charge in [-0.05, 0) is 57.0 Å². The molecule has 2 fully saturated rings. The standard InChI is InChI=1S/C17H22FN3/c18-15-7-6-13(11-19)10-14(15)12-21-9-2-1-5-17(21)16-4-3-8-20-16/h6-7,10,16-17,20H,1-5,8-9,12H2. The van der Waals surface area contributed by atoms with Crippen LogP contribution >= 0.6 is 0 Å². The van der Waals surface area contributed by atoms with Crippen molar-refractivity contribution in [2.75, 3.05) is 13.1 Å². The Labute approximate surface area is 125 Å². The zero-order valence-corrected chi connectivity index (χ0v) is 12.3. The molecule has 3 rings (SSSR count).